The van der Waals surface area contributed by atoms with E-state index in [0.717, 1.165) is 17.7 Å². The van der Waals surface area contributed by atoms with E-state index < -0.39 is 16.8 Å². The van der Waals surface area contributed by atoms with Crippen LogP contribution in [0, 0.1) is 15.9 Å². The van der Waals surface area contributed by atoms with Crippen LogP contribution in [0.3, 0.4) is 0 Å². The molecule has 0 aliphatic rings. The molecule has 1 atom stereocenters. The molecular formula is C14H13FN2O3. The van der Waals surface area contributed by atoms with Gasteiger partial charge in [-0.05, 0) is 36.8 Å². The number of hydrogen-bond acceptors (Lipinski definition) is 4. The molecule has 0 bridgehead atoms. The summed E-state index contributed by atoms with van der Waals surface area (Å²) in [4.78, 5) is 10.2. The molecule has 5 nitrogen and oxygen atoms in total. The van der Waals surface area contributed by atoms with Gasteiger partial charge in [0.2, 0.25) is 0 Å². The number of hydrogen-bond donors (Lipinski definition) is 2. The van der Waals surface area contributed by atoms with Crippen LogP contribution < -0.4 is 5.32 Å². The van der Waals surface area contributed by atoms with Crippen LogP contribution in [0.2, 0.25) is 0 Å². The van der Waals surface area contributed by atoms with Crippen LogP contribution in [0.15, 0.2) is 42.5 Å². The number of nitro benzene ring substituents is 1. The summed E-state index contributed by atoms with van der Waals surface area (Å²) < 4.78 is 13.0. The van der Waals surface area contributed by atoms with Crippen molar-refractivity contribution in [2.75, 3.05) is 5.32 Å². The number of nitro groups is 1. The normalized spacial score (nSPS) is 11.9. The minimum atomic E-state index is -0.660. The van der Waals surface area contributed by atoms with E-state index in [0.29, 0.717) is 5.69 Å². The first-order valence-electron chi connectivity index (χ1n) is 5.96. The van der Waals surface area contributed by atoms with Gasteiger partial charge in [0.1, 0.15) is 11.5 Å². The van der Waals surface area contributed by atoms with Crippen LogP contribution in [0.4, 0.5) is 21.5 Å². The summed E-state index contributed by atoms with van der Waals surface area (Å²) in [5.41, 5.74) is 1.24. The predicted molar refractivity (Wildman–Crippen MR) is 73.4 cm³/mol. The van der Waals surface area contributed by atoms with Crippen molar-refractivity contribution in [3.8, 4) is 0 Å². The third-order valence-corrected chi connectivity index (χ3v) is 2.83. The Labute approximate surface area is 114 Å². The highest BCUT2D eigenvalue weighted by Crippen LogP contribution is 2.28. The largest absolute Gasteiger partial charge is 0.389 e. The van der Waals surface area contributed by atoms with E-state index in [-0.39, 0.29) is 11.4 Å². The summed E-state index contributed by atoms with van der Waals surface area (Å²) in [5.74, 6) is -0.660. The van der Waals surface area contributed by atoms with E-state index in [9.17, 15) is 19.6 Å². The SMILES string of the molecule is CC(O)c1ccc(Nc2ccc(F)cc2[N+](=O)[O-])cc1. The van der Waals surface area contributed by atoms with Gasteiger partial charge < -0.3 is 10.4 Å². The van der Waals surface area contributed by atoms with Gasteiger partial charge in [-0.2, -0.15) is 0 Å². The molecule has 2 aromatic carbocycles. The zero-order valence-corrected chi connectivity index (χ0v) is 10.7. The van der Waals surface area contributed by atoms with E-state index in [2.05, 4.69) is 5.32 Å². The molecule has 0 saturated heterocycles. The standard InChI is InChI=1S/C14H13FN2O3/c1-9(18)10-2-5-12(6-3-10)16-13-7-4-11(15)8-14(13)17(19)20/h2-9,16,18H,1H3. The molecule has 104 valence electrons. The lowest BCUT2D eigenvalue weighted by Crippen LogP contribution is -1.98. The van der Waals surface area contributed by atoms with Crippen molar-refractivity contribution < 1.29 is 14.4 Å². The lowest BCUT2D eigenvalue weighted by molar-refractivity contribution is -0.384. The van der Waals surface area contributed by atoms with Crippen molar-refractivity contribution >= 4 is 17.1 Å². The Bertz CT molecular complexity index is 627. The van der Waals surface area contributed by atoms with Crippen LogP contribution in [-0.2, 0) is 0 Å². The van der Waals surface area contributed by atoms with Crippen molar-refractivity contribution in [2.24, 2.45) is 0 Å². The molecule has 0 radical (unpaired) electrons. The smallest absolute Gasteiger partial charge is 0.295 e. The average molecular weight is 276 g/mol. The fraction of sp³-hybridized carbons (Fsp3) is 0.143. The van der Waals surface area contributed by atoms with Crippen molar-refractivity contribution in [1.29, 1.82) is 0 Å². The highest BCUT2D eigenvalue weighted by Gasteiger charge is 2.15. The number of nitrogens with zero attached hydrogens (tertiary/aromatic N) is 1. The number of benzene rings is 2. The fourth-order valence-electron chi connectivity index (χ4n) is 1.76. The van der Waals surface area contributed by atoms with Crippen LogP contribution in [-0.4, -0.2) is 10.0 Å². The summed E-state index contributed by atoms with van der Waals surface area (Å²) in [6.45, 7) is 1.65. The molecule has 0 aliphatic carbocycles. The van der Waals surface area contributed by atoms with Crippen LogP contribution in [0.25, 0.3) is 0 Å². The number of rotatable bonds is 4. The second-order valence-corrected chi connectivity index (χ2v) is 4.34. The molecule has 6 heteroatoms. The molecule has 20 heavy (non-hydrogen) atoms. The zero-order chi connectivity index (χ0) is 14.7. The van der Waals surface area contributed by atoms with Gasteiger partial charge in [0.25, 0.3) is 5.69 Å². The summed E-state index contributed by atoms with van der Waals surface area (Å²) in [7, 11) is 0. The summed E-state index contributed by atoms with van der Waals surface area (Å²) in [6.07, 6.45) is -0.579. The Morgan fingerprint density at radius 2 is 1.90 bits per heavy atom. The van der Waals surface area contributed by atoms with Gasteiger partial charge in [0.15, 0.2) is 0 Å². The van der Waals surface area contributed by atoms with E-state index in [1.165, 1.54) is 6.07 Å². The van der Waals surface area contributed by atoms with Gasteiger partial charge in [-0.1, -0.05) is 12.1 Å². The topological polar surface area (TPSA) is 75.4 Å². The Kier molecular flexibility index (Phi) is 3.95. The van der Waals surface area contributed by atoms with Gasteiger partial charge in [-0.3, -0.25) is 10.1 Å². The third-order valence-electron chi connectivity index (χ3n) is 2.83. The minimum absolute atomic E-state index is 0.209. The van der Waals surface area contributed by atoms with Gasteiger partial charge in [0, 0.05) is 5.69 Å². The Hall–Kier alpha value is -2.47. The Morgan fingerprint density at radius 1 is 1.25 bits per heavy atom. The maximum Gasteiger partial charge on any atom is 0.295 e. The second-order valence-electron chi connectivity index (χ2n) is 4.34. The molecule has 2 N–H and O–H groups in total. The molecule has 2 rings (SSSR count). The number of aliphatic hydroxyl groups is 1. The first-order chi connectivity index (χ1) is 9.47. The van der Waals surface area contributed by atoms with E-state index >= 15 is 0 Å². The molecule has 0 saturated carbocycles. The van der Waals surface area contributed by atoms with Crippen LogP contribution in [0.1, 0.15) is 18.6 Å². The van der Waals surface area contributed by atoms with Gasteiger partial charge in [-0.25, -0.2) is 4.39 Å². The number of anilines is 2. The summed E-state index contributed by atoms with van der Waals surface area (Å²) >= 11 is 0. The lowest BCUT2D eigenvalue weighted by Gasteiger charge is -2.09. The predicted octanol–water partition coefficient (Wildman–Crippen LogP) is 3.53. The highest BCUT2D eigenvalue weighted by molar-refractivity contribution is 5.69. The minimum Gasteiger partial charge on any atom is -0.389 e. The molecule has 0 heterocycles. The fourth-order valence-corrected chi connectivity index (χ4v) is 1.76. The second kappa shape index (κ2) is 5.66. The number of aliphatic hydroxyl groups excluding tert-OH is 1. The van der Waals surface area contributed by atoms with Gasteiger partial charge in [0.05, 0.1) is 17.1 Å². The van der Waals surface area contributed by atoms with Gasteiger partial charge in [-0.15, -0.1) is 0 Å². The van der Waals surface area contributed by atoms with E-state index in [1.807, 2.05) is 0 Å². The Balaban J connectivity index is 2.28. The molecule has 0 amide bonds. The molecule has 0 aliphatic heterocycles. The number of halogens is 1. The quantitative estimate of drug-likeness (QED) is 0.661. The van der Waals surface area contributed by atoms with E-state index in [1.54, 1.807) is 31.2 Å². The van der Waals surface area contributed by atoms with Crippen molar-refractivity contribution in [3.05, 3.63) is 64.0 Å². The Morgan fingerprint density at radius 3 is 2.45 bits per heavy atom. The lowest BCUT2D eigenvalue weighted by atomic mass is 10.1. The maximum atomic E-state index is 13.0. The highest BCUT2D eigenvalue weighted by atomic mass is 19.1. The molecular weight excluding hydrogens is 263 g/mol. The maximum absolute atomic E-state index is 13.0. The van der Waals surface area contributed by atoms with Gasteiger partial charge >= 0.3 is 0 Å². The van der Waals surface area contributed by atoms with E-state index in [4.69, 9.17) is 0 Å². The molecule has 0 spiro atoms. The van der Waals surface area contributed by atoms with Crippen molar-refractivity contribution in [1.82, 2.24) is 0 Å². The molecule has 1 unspecified atom stereocenters. The van der Waals surface area contributed by atoms with Crippen molar-refractivity contribution in [3.63, 3.8) is 0 Å². The zero-order valence-electron chi connectivity index (χ0n) is 10.7. The molecule has 2 aromatic rings. The first-order valence-corrected chi connectivity index (χ1v) is 5.96. The van der Waals surface area contributed by atoms with Crippen LogP contribution >= 0.6 is 0 Å². The van der Waals surface area contributed by atoms with Crippen LogP contribution in [0.5, 0.6) is 0 Å². The third kappa shape index (κ3) is 3.10. The molecule has 0 fully saturated rings. The molecule has 0 aromatic heterocycles. The summed E-state index contributed by atoms with van der Waals surface area (Å²) in [5, 5.41) is 23.1. The number of nitrogens with one attached hydrogen (secondary N) is 1. The average Bonchev–Trinajstić information content (AvgIpc) is 2.41. The monoisotopic (exact) mass is 276 g/mol. The first kappa shape index (κ1) is 14.0. The summed E-state index contributed by atoms with van der Waals surface area (Å²) in [6, 6.07) is 10.1. The van der Waals surface area contributed by atoms with Crippen molar-refractivity contribution in [2.45, 2.75) is 13.0 Å².